The summed E-state index contributed by atoms with van der Waals surface area (Å²) in [5.41, 5.74) is 2.60. The third-order valence-corrected chi connectivity index (χ3v) is 5.51. The second kappa shape index (κ2) is 3.98. The Morgan fingerprint density at radius 2 is 2.25 bits per heavy atom. The summed E-state index contributed by atoms with van der Waals surface area (Å²) in [6.07, 6.45) is 3.43. The van der Waals surface area contributed by atoms with Crippen LogP contribution in [-0.2, 0) is 16.8 Å². The van der Waals surface area contributed by atoms with Gasteiger partial charge in [-0.25, -0.2) is 0 Å². The maximum Gasteiger partial charge on any atom is 0.160 e. The van der Waals surface area contributed by atoms with Gasteiger partial charge in [0.2, 0.25) is 0 Å². The number of carbonyl (C=O) groups excluding carboxylic acids is 1. The smallest absolute Gasteiger partial charge is 0.160 e. The molecule has 2 heterocycles. The number of hydrogen-bond donors (Lipinski definition) is 1. The van der Waals surface area contributed by atoms with E-state index in [4.69, 9.17) is 4.74 Å². The minimum Gasteiger partial charge on any atom is -0.504 e. The fourth-order valence-electron chi connectivity index (χ4n) is 4.54. The van der Waals surface area contributed by atoms with Crippen LogP contribution in [0, 0.1) is 0 Å². The van der Waals surface area contributed by atoms with Crippen molar-refractivity contribution < 1.29 is 14.6 Å². The molecule has 1 saturated carbocycles. The van der Waals surface area contributed by atoms with Gasteiger partial charge in [-0.1, -0.05) is 0 Å². The number of methoxy groups -OCH3 is 1. The number of Topliss-reactive ketones (excluding diaryl/α,β-unsaturated/α-hetero) is 1. The van der Waals surface area contributed by atoms with Gasteiger partial charge in [-0.05, 0) is 42.6 Å². The molecule has 0 spiro atoms. The molecular weight excluding hydrogens is 254 g/mol. The zero-order valence-corrected chi connectivity index (χ0v) is 11.7. The van der Waals surface area contributed by atoms with Gasteiger partial charge < -0.3 is 9.84 Å². The van der Waals surface area contributed by atoms with Crippen molar-refractivity contribution >= 4 is 5.78 Å². The normalized spacial score (nSPS) is 34.5. The molecule has 3 unspecified atom stereocenters. The van der Waals surface area contributed by atoms with Crippen LogP contribution in [0.3, 0.4) is 0 Å². The van der Waals surface area contributed by atoms with Gasteiger partial charge in [-0.3, -0.25) is 9.69 Å². The van der Waals surface area contributed by atoms with Crippen LogP contribution in [-0.4, -0.2) is 35.5 Å². The molecule has 1 aromatic carbocycles. The van der Waals surface area contributed by atoms with Crippen LogP contribution >= 0.6 is 0 Å². The van der Waals surface area contributed by atoms with E-state index in [9.17, 15) is 9.90 Å². The van der Waals surface area contributed by atoms with Gasteiger partial charge in [-0.2, -0.15) is 0 Å². The Hall–Kier alpha value is -1.55. The number of ether oxygens (including phenoxy) is 1. The summed E-state index contributed by atoms with van der Waals surface area (Å²) in [7, 11) is 1.59. The van der Waals surface area contributed by atoms with Crippen LogP contribution in [0.4, 0.5) is 0 Å². The van der Waals surface area contributed by atoms with Crippen molar-refractivity contribution in [1.29, 1.82) is 0 Å². The van der Waals surface area contributed by atoms with Crippen molar-refractivity contribution in [2.75, 3.05) is 13.7 Å². The van der Waals surface area contributed by atoms with Crippen molar-refractivity contribution in [2.24, 2.45) is 0 Å². The molecule has 1 aliphatic carbocycles. The molecule has 20 heavy (non-hydrogen) atoms. The molecule has 1 N–H and O–H groups in total. The molecule has 2 bridgehead atoms. The predicted molar refractivity (Wildman–Crippen MR) is 74.0 cm³/mol. The number of carbonyl (C=O) groups is 1. The average Bonchev–Trinajstić information content (AvgIpc) is 2.71. The number of nitrogens with zero attached hydrogens (tertiary/aromatic N) is 1. The predicted octanol–water partition coefficient (Wildman–Crippen LogP) is 1.98. The number of fused-ring (bicyclic) bond motifs is 1. The molecule has 0 amide bonds. The molecule has 2 aliphatic heterocycles. The molecule has 0 aromatic heterocycles. The lowest BCUT2D eigenvalue weighted by molar-refractivity contribution is -0.123. The Labute approximate surface area is 118 Å². The van der Waals surface area contributed by atoms with E-state index < -0.39 is 0 Å². The highest BCUT2D eigenvalue weighted by molar-refractivity contribution is 5.81. The molecule has 3 atom stereocenters. The summed E-state index contributed by atoms with van der Waals surface area (Å²) in [5, 5.41) is 10.00. The van der Waals surface area contributed by atoms with Crippen LogP contribution in [0.2, 0.25) is 0 Å². The van der Waals surface area contributed by atoms with Gasteiger partial charge in [0, 0.05) is 30.8 Å². The minimum absolute atomic E-state index is 0.0997. The lowest BCUT2D eigenvalue weighted by Crippen LogP contribution is -2.50. The van der Waals surface area contributed by atoms with Crippen molar-refractivity contribution in [2.45, 2.75) is 43.7 Å². The van der Waals surface area contributed by atoms with E-state index in [1.807, 2.05) is 12.1 Å². The van der Waals surface area contributed by atoms with E-state index in [2.05, 4.69) is 4.90 Å². The van der Waals surface area contributed by atoms with Crippen molar-refractivity contribution in [3.63, 3.8) is 0 Å². The van der Waals surface area contributed by atoms with E-state index in [0.29, 0.717) is 30.4 Å². The van der Waals surface area contributed by atoms with Crippen LogP contribution < -0.4 is 4.74 Å². The summed E-state index contributed by atoms with van der Waals surface area (Å²) in [6, 6.07) is 4.21. The number of rotatable bonds is 1. The SMILES string of the molecule is COc1cc2c(cc1O)CN1CCC23CCC(=O)CC13. The zero-order chi connectivity index (χ0) is 13.9. The van der Waals surface area contributed by atoms with E-state index in [-0.39, 0.29) is 11.2 Å². The van der Waals surface area contributed by atoms with Crippen LogP contribution in [0.1, 0.15) is 36.8 Å². The van der Waals surface area contributed by atoms with Crippen molar-refractivity contribution in [1.82, 2.24) is 4.90 Å². The molecule has 2 fully saturated rings. The minimum atomic E-state index is 0.0997. The van der Waals surface area contributed by atoms with Crippen molar-refractivity contribution in [3.8, 4) is 11.5 Å². The molecular formula is C16H19NO3. The topological polar surface area (TPSA) is 49.8 Å². The third-order valence-electron chi connectivity index (χ3n) is 5.51. The Morgan fingerprint density at radius 3 is 3.05 bits per heavy atom. The lowest BCUT2D eigenvalue weighted by Gasteiger charge is -2.46. The third kappa shape index (κ3) is 1.43. The Kier molecular flexibility index (Phi) is 2.43. The van der Waals surface area contributed by atoms with Crippen molar-refractivity contribution in [3.05, 3.63) is 23.3 Å². The fourth-order valence-corrected chi connectivity index (χ4v) is 4.54. The first-order chi connectivity index (χ1) is 9.64. The quantitative estimate of drug-likeness (QED) is 0.850. The molecule has 3 aliphatic rings. The second-order valence-corrected chi connectivity index (χ2v) is 6.32. The number of phenols is 1. The summed E-state index contributed by atoms with van der Waals surface area (Å²) >= 11 is 0. The Bertz CT molecular complexity index is 598. The number of ketones is 1. The highest BCUT2D eigenvalue weighted by Gasteiger charge is 2.54. The van der Waals surface area contributed by atoms with Gasteiger partial charge >= 0.3 is 0 Å². The first-order valence-corrected chi connectivity index (χ1v) is 7.30. The number of hydrogen-bond acceptors (Lipinski definition) is 4. The van der Waals surface area contributed by atoms with Crippen LogP contribution in [0.15, 0.2) is 12.1 Å². The van der Waals surface area contributed by atoms with Gasteiger partial charge in [0.15, 0.2) is 11.5 Å². The summed E-state index contributed by atoms with van der Waals surface area (Å²) < 4.78 is 5.28. The van der Waals surface area contributed by atoms with Gasteiger partial charge in [-0.15, -0.1) is 0 Å². The molecule has 1 aromatic rings. The molecule has 4 rings (SSSR count). The molecule has 4 nitrogen and oxygen atoms in total. The Morgan fingerprint density at radius 1 is 1.40 bits per heavy atom. The molecule has 106 valence electrons. The van der Waals surface area contributed by atoms with E-state index >= 15 is 0 Å². The van der Waals surface area contributed by atoms with Crippen LogP contribution in [0.5, 0.6) is 11.5 Å². The monoisotopic (exact) mass is 273 g/mol. The number of aromatic hydroxyl groups is 1. The summed E-state index contributed by atoms with van der Waals surface area (Å²) in [6.45, 7) is 1.89. The highest BCUT2D eigenvalue weighted by Crippen LogP contribution is 2.54. The van der Waals surface area contributed by atoms with Gasteiger partial charge in [0.25, 0.3) is 0 Å². The van der Waals surface area contributed by atoms with E-state index in [0.717, 1.165) is 25.9 Å². The number of phenolic OH excluding ortho intramolecular Hbond substituents is 1. The largest absolute Gasteiger partial charge is 0.504 e. The summed E-state index contributed by atoms with van der Waals surface area (Å²) in [4.78, 5) is 14.3. The highest BCUT2D eigenvalue weighted by atomic mass is 16.5. The zero-order valence-electron chi connectivity index (χ0n) is 11.7. The summed E-state index contributed by atoms with van der Waals surface area (Å²) in [5.74, 6) is 1.16. The first kappa shape index (κ1) is 12.2. The van der Waals surface area contributed by atoms with Crippen LogP contribution in [0.25, 0.3) is 0 Å². The Balaban J connectivity index is 1.89. The first-order valence-electron chi connectivity index (χ1n) is 7.30. The van der Waals surface area contributed by atoms with Gasteiger partial charge in [0.1, 0.15) is 5.78 Å². The maximum atomic E-state index is 11.8. The lowest BCUT2D eigenvalue weighted by atomic mass is 9.63. The fraction of sp³-hybridized carbons (Fsp3) is 0.562. The average molecular weight is 273 g/mol. The van der Waals surface area contributed by atoms with E-state index in [1.165, 1.54) is 11.1 Å². The maximum absolute atomic E-state index is 11.8. The second-order valence-electron chi connectivity index (χ2n) is 6.32. The molecule has 4 heteroatoms. The molecule has 1 saturated heterocycles. The standard InChI is InChI=1S/C16H19NO3/c1-20-14-8-12-10(6-13(14)19)9-17-5-4-16(12)3-2-11(18)7-15(16)17/h6,8,15,19H,2-5,7,9H2,1H3. The molecule has 0 radical (unpaired) electrons. The number of benzene rings is 1. The van der Waals surface area contributed by atoms with Gasteiger partial charge in [0.05, 0.1) is 7.11 Å². The van der Waals surface area contributed by atoms with E-state index in [1.54, 1.807) is 7.11 Å².